The van der Waals surface area contributed by atoms with E-state index in [1.54, 1.807) is 0 Å². The quantitative estimate of drug-likeness (QED) is 0.172. The summed E-state index contributed by atoms with van der Waals surface area (Å²) in [5.41, 5.74) is 13.1. The van der Waals surface area contributed by atoms with E-state index in [-0.39, 0.29) is 0 Å². The molecule has 0 N–H and O–H groups in total. The topological polar surface area (TPSA) is 3.24 Å². The van der Waals surface area contributed by atoms with E-state index in [0.717, 1.165) is 14.6 Å². The number of fused-ring (bicyclic) bond motifs is 11. The SMILES string of the molecule is Brc1ccc2c(c1)C1(c3ccccc3-c3ccccc3-c3ccccc31)c1cc(Br)ccc1N2c1ccccc1. The van der Waals surface area contributed by atoms with Gasteiger partial charge in [-0.1, -0.05) is 123 Å². The zero-order valence-corrected chi connectivity index (χ0v) is 24.7. The summed E-state index contributed by atoms with van der Waals surface area (Å²) in [4.78, 5) is 2.41. The van der Waals surface area contributed by atoms with Gasteiger partial charge in [0.15, 0.2) is 0 Å². The van der Waals surface area contributed by atoms with Gasteiger partial charge in [-0.15, -0.1) is 0 Å². The van der Waals surface area contributed by atoms with Crippen molar-refractivity contribution in [1.29, 1.82) is 0 Å². The maximum Gasteiger partial charge on any atom is 0.0755 e. The van der Waals surface area contributed by atoms with Crippen LogP contribution in [0.15, 0.2) is 148 Å². The van der Waals surface area contributed by atoms with Crippen molar-refractivity contribution in [2.24, 2.45) is 0 Å². The second-order valence-electron chi connectivity index (χ2n) is 10.4. The first-order valence-electron chi connectivity index (χ1n) is 13.4. The Labute approximate surface area is 251 Å². The van der Waals surface area contributed by atoms with Crippen molar-refractivity contribution >= 4 is 48.9 Å². The Morgan fingerprint density at radius 2 is 0.825 bits per heavy atom. The lowest BCUT2D eigenvalue weighted by Gasteiger charge is -2.47. The third-order valence-electron chi connectivity index (χ3n) is 8.39. The second kappa shape index (κ2) is 9.05. The van der Waals surface area contributed by atoms with Gasteiger partial charge >= 0.3 is 0 Å². The molecule has 0 amide bonds. The lowest BCUT2D eigenvalue weighted by Crippen LogP contribution is -2.38. The van der Waals surface area contributed by atoms with Crippen LogP contribution in [0.5, 0.6) is 0 Å². The molecule has 0 radical (unpaired) electrons. The van der Waals surface area contributed by atoms with Gasteiger partial charge in [-0.3, -0.25) is 0 Å². The fraction of sp³-hybridized carbons (Fsp3) is 0.0270. The lowest BCUT2D eigenvalue weighted by molar-refractivity contribution is 0.736. The largest absolute Gasteiger partial charge is 0.310 e. The highest BCUT2D eigenvalue weighted by molar-refractivity contribution is 9.10. The minimum Gasteiger partial charge on any atom is -0.310 e. The first-order valence-corrected chi connectivity index (χ1v) is 15.0. The molecule has 1 heterocycles. The Bertz CT molecular complexity index is 1820. The number of nitrogens with zero attached hydrogens (tertiary/aromatic N) is 1. The van der Waals surface area contributed by atoms with Gasteiger partial charge in [-0.2, -0.15) is 0 Å². The number of para-hydroxylation sites is 1. The van der Waals surface area contributed by atoms with E-state index in [2.05, 4.69) is 176 Å². The smallest absolute Gasteiger partial charge is 0.0755 e. The first-order chi connectivity index (χ1) is 19.7. The van der Waals surface area contributed by atoms with Crippen LogP contribution in [0.3, 0.4) is 0 Å². The molecule has 0 atom stereocenters. The van der Waals surface area contributed by atoms with Crippen LogP contribution in [-0.4, -0.2) is 0 Å². The second-order valence-corrected chi connectivity index (χ2v) is 12.2. The standard InChI is InChI=1S/C37H23Br2N/c38-24-18-20-35-33(22-24)37(34-23-25(39)19-21-36(34)40(35)26-10-2-1-3-11-26)31-16-8-6-14-29(31)27-12-4-5-13-28(27)30-15-7-9-17-32(30)37/h1-23H. The van der Waals surface area contributed by atoms with Gasteiger partial charge in [0.05, 0.1) is 16.8 Å². The number of rotatable bonds is 1. The lowest BCUT2D eigenvalue weighted by atomic mass is 9.61. The fourth-order valence-corrected chi connectivity index (χ4v) is 7.63. The van der Waals surface area contributed by atoms with Crippen molar-refractivity contribution in [1.82, 2.24) is 0 Å². The Hall–Kier alpha value is -3.92. The first kappa shape index (κ1) is 23.9. The summed E-state index contributed by atoms with van der Waals surface area (Å²) < 4.78 is 2.13. The third kappa shape index (κ3) is 3.25. The van der Waals surface area contributed by atoms with Crippen molar-refractivity contribution in [3.05, 3.63) is 171 Å². The molecule has 1 aliphatic carbocycles. The van der Waals surface area contributed by atoms with Crippen LogP contribution in [0.25, 0.3) is 22.3 Å². The van der Waals surface area contributed by atoms with Crippen LogP contribution >= 0.6 is 31.9 Å². The summed E-state index contributed by atoms with van der Waals surface area (Å²) in [7, 11) is 0. The van der Waals surface area contributed by atoms with Crippen molar-refractivity contribution in [2.75, 3.05) is 4.90 Å². The van der Waals surface area contributed by atoms with Crippen molar-refractivity contribution in [3.8, 4) is 22.3 Å². The molecule has 3 heteroatoms. The molecule has 0 fully saturated rings. The Balaban J connectivity index is 1.63. The molecule has 0 bridgehead atoms. The molecule has 1 nitrogen and oxygen atoms in total. The molecule has 6 aromatic carbocycles. The molecule has 0 saturated heterocycles. The number of anilines is 3. The number of benzene rings is 6. The molecule has 40 heavy (non-hydrogen) atoms. The molecule has 8 rings (SSSR count). The molecule has 6 aromatic rings. The maximum absolute atomic E-state index is 3.87. The van der Waals surface area contributed by atoms with Crippen LogP contribution in [0.4, 0.5) is 17.1 Å². The summed E-state index contributed by atoms with van der Waals surface area (Å²) >= 11 is 7.74. The predicted molar refractivity (Wildman–Crippen MR) is 173 cm³/mol. The van der Waals surface area contributed by atoms with E-state index in [1.807, 2.05) is 0 Å². The molecule has 0 saturated carbocycles. The Morgan fingerprint density at radius 3 is 1.32 bits per heavy atom. The van der Waals surface area contributed by atoms with Crippen molar-refractivity contribution < 1.29 is 0 Å². The summed E-state index contributed by atoms with van der Waals surface area (Å²) in [5, 5.41) is 0. The van der Waals surface area contributed by atoms with E-state index in [0.29, 0.717) is 0 Å². The summed E-state index contributed by atoms with van der Waals surface area (Å²) in [6, 6.07) is 51.0. The minimum atomic E-state index is -0.560. The van der Waals surface area contributed by atoms with Crippen LogP contribution in [0.1, 0.15) is 22.3 Å². The number of hydrogen-bond donors (Lipinski definition) is 0. The average molecular weight is 641 g/mol. The molecule has 0 unspecified atom stereocenters. The highest BCUT2D eigenvalue weighted by atomic mass is 79.9. The van der Waals surface area contributed by atoms with E-state index in [1.165, 1.54) is 55.9 Å². The van der Waals surface area contributed by atoms with Crippen molar-refractivity contribution in [3.63, 3.8) is 0 Å². The zero-order valence-electron chi connectivity index (χ0n) is 21.5. The Kier molecular flexibility index (Phi) is 5.42. The van der Waals surface area contributed by atoms with E-state index < -0.39 is 5.41 Å². The normalized spacial score (nSPS) is 13.9. The monoisotopic (exact) mass is 639 g/mol. The maximum atomic E-state index is 3.87. The molecular formula is C37H23Br2N. The summed E-state index contributed by atoms with van der Waals surface area (Å²) in [6.07, 6.45) is 0. The van der Waals surface area contributed by atoms with Gasteiger partial charge < -0.3 is 4.90 Å². The van der Waals surface area contributed by atoms with Gasteiger partial charge in [-0.05, 0) is 93.0 Å². The average Bonchev–Trinajstić information content (AvgIpc) is 3.11. The van der Waals surface area contributed by atoms with E-state index in [9.17, 15) is 0 Å². The number of hydrogen-bond acceptors (Lipinski definition) is 1. The van der Waals surface area contributed by atoms with Gasteiger partial charge in [0, 0.05) is 14.6 Å². The molecule has 1 spiro atoms. The fourth-order valence-electron chi connectivity index (χ4n) is 6.91. The molecule has 0 aromatic heterocycles. The van der Waals surface area contributed by atoms with Gasteiger partial charge in [0.25, 0.3) is 0 Å². The predicted octanol–water partition coefficient (Wildman–Crippen LogP) is 11.0. The summed E-state index contributed by atoms with van der Waals surface area (Å²) in [6.45, 7) is 0. The van der Waals surface area contributed by atoms with E-state index >= 15 is 0 Å². The van der Waals surface area contributed by atoms with Gasteiger partial charge in [0.2, 0.25) is 0 Å². The third-order valence-corrected chi connectivity index (χ3v) is 9.38. The summed E-state index contributed by atoms with van der Waals surface area (Å²) in [5.74, 6) is 0. The zero-order chi connectivity index (χ0) is 26.8. The Morgan fingerprint density at radius 1 is 0.400 bits per heavy atom. The highest BCUT2D eigenvalue weighted by Crippen LogP contribution is 2.62. The molecular weight excluding hydrogens is 618 g/mol. The van der Waals surface area contributed by atoms with Gasteiger partial charge in [0.1, 0.15) is 0 Å². The molecule has 2 aliphatic rings. The highest BCUT2D eigenvalue weighted by Gasteiger charge is 2.50. The molecule has 1 aliphatic heterocycles. The van der Waals surface area contributed by atoms with E-state index in [4.69, 9.17) is 0 Å². The van der Waals surface area contributed by atoms with Crippen LogP contribution < -0.4 is 4.90 Å². The van der Waals surface area contributed by atoms with Crippen molar-refractivity contribution in [2.45, 2.75) is 5.41 Å². The van der Waals surface area contributed by atoms with Crippen LogP contribution in [0, 0.1) is 0 Å². The van der Waals surface area contributed by atoms with Crippen LogP contribution in [0.2, 0.25) is 0 Å². The minimum absolute atomic E-state index is 0.560. The molecule has 190 valence electrons. The van der Waals surface area contributed by atoms with Crippen LogP contribution in [-0.2, 0) is 5.41 Å². The number of halogens is 2. The van der Waals surface area contributed by atoms with Gasteiger partial charge in [-0.25, -0.2) is 0 Å².